The number of benzene rings is 1. The van der Waals surface area contributed by atoms with Crippen LogP contribution < -0.4 is 15.4 Å². The summed E-state index contributed by atoms with van der Waals surface area (Å²) in [5, 5.41) is 13.9. The number of hydrogen-bond donors (Lipinski definition) is 3. The van der Waals surface area contributed by atoms with Gasteiger partial charge in [0.2, 0.25) is 0 Å². The maximum absolute atomic E-state index is 12.1. The van der Waals surface area contributed by atoms with Crippen LogP contribution in [0.15, 0.2) is 18.2 Å². The molecule has 0 aliphatic rings. The number of aryl methyl sites for hydroxylation is 1. The van der Waals surface area contributed by atoms with Crippen molar-refractivity contribution in [3.8, 4) is 5.75 Å². The van der Waals surface area contributed by atoms with Crippen LogP contribution in [0.25, 0.3) is 0 Å². The van der Waals surface area contributed by atoms with Crippen LogP contribution in [0, 0.1) is 6.92 Å². The number of carbonyl (C=O) groups excluding carboxylic acids is 1. The number of nitrogens with one attached hydrogen (secondary N) is 2. The Kier molecular flexibility index (Phi) is 6.48. The van der Waals surface area contributed by atoms with Gasteiger partial charge in [0.15, 0.2) is 6.61 Å². The fraction of sp³-hybridized carbons (Fsp3) is 0.500. The highest BCUT2D eigenvalue weighted by Crippen LogP contribution is 2.24. The number of aliphatic hydroxyl groups excluding tert-OH is 1. The smallest absolute Gasteiger partial charge is 0.422 e. The van der Waals surface area contributed by atoms with E-state index in [1.807, 2.05) is 0 Å². The summed E-state index contributed by atoms with van der Waals surface area (Å²) in [5.74, 6) is 0.108. The fourth-order valence-electron chi connectivity index (χ4n) is 1.71. The summed E-state index contributed by atoms with van der Waals surface area (Å²) in [6.45, 7) is 1.93. The topological polar surface area (TPSA) is 70.6 Å². The molecule has 0 spiro atoms. The van der Waals surface area contributed by atoms with Gasteiger partial charge < -0.3 is 20.5 Å². The Bertz CT molecular complexity index is 507. The number of ether oxygens (including phenoxy) is 1. The van der Waals surface area contributed by atoms with Crippen molar-refractivity contribution in [2.75, 3.05) is 18.5 Å². The van der Waals surface area contributed by atoms with Gasteiger partial charge in [0.25, 0.3) is 0 Å². The summed E-state index contributed by atoms with van der Waals surface area (Å²) in [6.07, 6.45) is -3.97. The van der Waals surface area contributed by atoms with Crippen LogP contribution in [-0.2, 0) is 0 Å². The zero-order chi connectivity index (χ0) is 16.8. The first kappa shape index (κ1) is 18.1. The highest BCUT2D eigenvalue weighted by Gasteiger charge is 2.28. The predicted molar refractivity (Wildman–Crippen MR) is 76.0 cm³/mol. The van der Waals surface area contributed by atoms with E-state index in [0.29, 0.717) is 17.7 Å². The molecule has 0 bridgehead atoms. The molecule has 1 atom stereocenters. The molecule has 0 aliphatic carbocycles. The number of rotatable bonds is 6. The van der Waals surface area contributed by atoms with Crippen molar-refractivity contribution < 1.29 is 27.8 Å². The zero-order valence-electron chi connectivity index (χ0n) is 12.3. The average molecular weight is 320 g/mol. The number of hydrogen-bond acceptors (Lipinski definition) is 3. The Morgan fingerprint density at radius 3 is 2.64 bits per heavy atom. The lowest BCUT2D eigenvalue weighted by Gasteiger charge is -2.15. The van der Waals surface area contributed by atoms with Crippen molar-refractivity contribution in [2.45, 2.75) is 32.5 Å². The number of urea groups is 1. The van der Waals surface area contributed by atoms with E-state index in [4.69, 9.17) is 5.11 Å². The van der Waals surface area contributed by atoms with Crippen molar-refractivity contribution in [1.29, 1.82) is 0 Å². The van der Waals surface area contributed by atoms with Gasteiger partial charge in [-0.15, -0.1) is 0 Å². The molecule has 2 amide bonds. The van der Waals surface area contributed by atoms with Crippen LogP contribution in [0.4, 0.5) is 23.7 Å². The van der Waals surface area contributed by atoms with Crippen LogP contribution >= 0.6 is 0 Å². The minimum absolute atomic E-state index is 0.0359. The molecule has 0 saturated heterocycles. The molecular weight excluding hydrogens is 301 g/mol. The van der Waals surface area contributed by atoms with Gasteiger partial charge in [-0.05, 0) is 44.0 Å². The monoisotopic (exact) mass is 320 g/mol. The highest BCUT2D eigenvalue weighted by molar-refractivity contribution is 5.89. The van der Waals surface area contributed by atoms with Crippen molar-refractivity contribution in [2.24, 2.45) is 0 Å². The molecule has 0 fully saturated rings. The molecule has 1 aromatic rings. The second kappa shape index (κ2) is 7.88. The molecular formula is C14H19F3N2O3. The fourth-order valence-corrected chi connectivity index (χ4v) is 1.71. The summed E-state index contributed by atoms with van der Waals surface area (Å²) in [5.41, 5.74) is 0.913. The van der Waals surface area contributed by atoms with Gasteiger partial charge in [0, 0.05) is 18.3 Å². The summed E-state index contributed by atoms with van der Waals surface area (Å²) < 4.78 is 41.0. The molecule has 1 aromatic carbocycles. The molecule has 0 unspecified atom stereocenters. The Hall–Kier alpha value is -1.96. The van der Waals surface area contributed by atoms with Crippen LogP contribution in [0.1, 0.15) is 18.9 Å². The standard InChI is InChI=1S/C14H19F3N2O3/c1-9-7-11(19-13(21)18-10(2)5-6-20)3-4-12(9)22-8-14(15,16)17/h3-4,7,10,20H,5-6,8H2,1-2H3,(H2,18,19,21)/t10-/m1/s1. The second-order valence-electron chi connectivity index (χ2n) is 4.90. The first-order valence-corrected chi connectivity index (χ1v) is 6.70. The number of anilines is 1. The van der Waals surface area contributed by atoms with Gasteiger partial charge in [0.1, 0.15) is 5.75 Å². The molecule has 0 saturated carbocycles. The molecule has 8 heteroatoms. The van der Waals surface area contributed by atoms with E-state index in [-0.39, 0.29) is 18.4 Å². The maximum atomic E-state index is 12.1. The first-order chi connectivity index (χ1) is 10.2. The van der Waals surface area contributed by atoms with Gasteiger partial charge in [-0.2, -0.15) is 13.2 Å². The lowest BCUT2D eigenvalue weighted by molar-refractivity contribution is -0.153. The molecule has 0 radical (unpaired) electrons. The molecule has 0 aromatic heterocycles. The Balaban J connectivity index is 2.59. The Morgan fingerprint density at radius 2 is 2.09 bits per heavy atom. The largest absolute Gasteiger partial charge is 0.484 e. The normalized spacial score (nSPS) is 12.6. The lowest BCUT2D eigenvalue weighted by Crippen LogP contribution is -2.36. The minimum Gasteiger partial charge on any atom is -0.484 e. The predicted octanol–water partition coefficient (Wildman–Crippen LogP) is 2.83. The molecule has 0 heterocycles. The van der Waals surface area contributed by atoms with E-state index in [0.717, 1.165) is 0 Å². The number of carbonyl (C=O) groups is 1. The molecule has 5 nitrogen and oxygen atoms in total. The summed E-state index contributed by atoms with van der Waals surface area (Å²) >= 11 is 0. The van der Waals surface area contributed by atoms with Gasteiger partial charge >= 0.3 is 12.2 Å². The third-order valence-electron chi connectivity index (χ3n) is 2.76. The summed E-state index contributed by atoms with van der Waals surface area (Å²) in [7, 11) is 0. The van der Waals surface area contributed by atoms with E-state index in [2.05, 4.69) is 15.4 Å². The number of alkyl halides is 3. The van der Waals surface area contributed by atoms with Gasteiger partial charge in [-0.25, -0.2) is 4.79 Å². The van der Waals surface area contributed by atoms with Crippen LogP contribution in [-0.4, -0.2) is 36.6 Å². The molecule has 3 N–H and O–H groups in total. The van der Waals surface area contributed by atoms with Crippen molar-refractivity contribution >= 4 is 11.7 Å². The second-order valence-corrected chi connectivity index (χ2v) is 4.90. The number of amides is 2. The zero-order valence-corrected chi connectivity index (χ0v) is 12.3. The van der Waals surface area contributed by atoms with E-state index < -0.39 is 18.8 Å². The highest BCUT2D eigenvalue weighted by atomic mass is 19.4. The van der Waals surface area contributed by atoms with Gasteiger partial charge in [-0.3, -0.25) is 0 Å². The molecule has 22 heavy (non-hydrogen) atoms. The van der Waals surface area contributed by atoms with Crippen molar-refractivity contribution in [3.63, 3.8) is 0 Å². The molecule has 124 valence electrons. The Morgan fingerprint density at radius 1 is 1.41 bits per heavy atom. The number of halogens is 3. The van der Waals surface area contributed by atoms with Crippen LogP contribution in [0.3, 0.4) is 0 Å². The van der Waals surface area contributed by atoms with Crippen molar-refractivity contribution in [1.82, 2.24) is 5.32 Å². The van der Waals surface area contributed by atoms with Gasteiger partial charge in [0.05, 0.1) is 0 Å². The van der Waals surface area contributed by atoms with E-state index in [1.54, 1.807) is 13.8 Å². The van der Waals surface area contributed by atoms with Crippen LogP contribution in [0.2, 0.25) is 0 Å². The third-order valence-corrected chi connectivity index (χ3v) is 2.76. The SMILES string of the molecule is Cc1cc(NC(=O)N[C@H](C)CCO)ccc1OCC(F)(F)F. The molecule has 0 aliphatic heterocycles. The van der Waals surface area contributed by atoms with E-state index in [9.17, 15) is 18.0 Å². The lowest BCUT2D eigenvalue weighted by atomic mass is 10.2. The molecule has 1 rings (SSSR count). The summed E-state index contributed by atoms with van der Waals surface area (Å²) in [6, 6.07) is 3.69. The van der Waals surface area contributed by atoms with E-state index in [1.165, 1.54) is 18.2 Å². The number of aliphatic hydroxyl groups is 1. The minimum atomic E-state index is -4.40. The quantitative estimate of drug-likeness (QED) is 0.755. The third kappa shape index (κ3) is 6.66. The maximum Gasteiger partial charge on any atom is 0.422 e. The Labute approximate surface area is 126 Å². The summed E-state index contributed by atoms with van der Waals surface area (Å²) in [4.78, 5) is 11.7. The van der Waals surface area contributed by atoms with Gasteiger partial charge in [-0.1, -0.05) is 0 Å². The average Bonchev–Trinajstić information content (AvgIpc) is 2.36. The van der Waals surface area contributed by atoms with Crippen molar-refractivity contribution in [3.05, 3.63) is 23.8 Å². The van der Waals surface area contributed by atoms with Crippen LogP contribution in [0.5, 0.6) is 5.75 Å². The van der Waals surface area contributed by atoms with E-state index >= 15 is 0 Å². The first-order valence-electron chi connectivity index (χ1n) is 6.70.